The molecule has 0 aliphatic heterocycles. The van der Waals surface area contributed by atoms with Gasteiger partial charge in [0.25, 0.3) is 0 Å². The van der Waals surface area contributed by atoms with Gasteiger partial charge in [-0.1, -0.05) is 15.9 Å². The number of imidazole rings is 1. The van der Waals surface area contributed by atoms with Crippen molar-refractivity contribution in [1.82, 2.24) is 14.5 Å². The number of nitrogens with two attached hydrogens (primary N) is 1. The summed E-state index contributed by atoms with van der Waals surface area (Å²) in [5, 5.41) is 0. The number of aromatic nitrogens is 3. The van der Waals surface area contributed by atoms with Crippen molar-refractivity contribution in [2.75, 3.05) is 5.73 Å². The number of halogens is 1. The predicted molar refractivity (Wildman–Crippen MR) is 83.6 cm³/mol. The summed E-state index contributed by atoms with van der Waals surface area (Å²) in [7, 11) is 0. The molecule has 2 aromatic heterocycles. The minimum Gasteiger partial charge on any atom is -0.384 e. The number of pyridine rings is 1. The number of aryl methyl sites for hydroxylation is 1. The average molecular weight is 329 g/mol. The number of hydrogen-bond acceptors (Lipinski definition) is 3. The molecule has 100 valence electrons. The Morgan fingerprint density at radius 2 is 2.05 bits per heavy atom. The van der Waals surface area contributed by atoms with Crippen LogP contribution in [0.2, 0.25) is 0 Å². The minimum absolute atomic E-state index is 0.501. The SMILES string of the molecule is Cc1cc(Br)cc(-n2cncc2-c2ccnc(N)c2)c1. The number of hydrogen-bond donors (Lipinski definition) is 1. The second-order valence-electron chi connectivity index (χ2n) is 4.61. The first-order valence-corrected chi connectivity index (χ1v) is 6.94. The van der Waals surface area contributed by atoms with Gasteiger partial charge in [-0.15, -0.1) is 0 Å². The van der Waals surface area contributed by atoms with E-state index in [0.717, 1.165) is 21.4 Å². The Morgan fingerprint density at radius 1 is 1.20 bits per heavy atom. The molecule has 2 N–H and O–H groups in total. The number of benzene rings is 1. The quantitative estimate of drug-likeness (QED) is 0.782. The smallest absolute Gasteiger partial charge is 0.123 e. The van der Waals surface area contributed by atoms with Crippen molar-refractivity contribution in [3.05, 3.63) is 59.1 Å². The highest BCUT2D eigenvalue weighted by Gasteiger charge is 2.08. The number of nitrogen functional groups attached to an aromatic ring is 1. The van der Waals surface area contributed by atoms with Crippen LogP contribution in [0.3, 0.4) is 0 Å². The van der Waals surface area contributed by atoms with Crippen LogP contribution in [0.4, 0.5) is 5.82 Å². The zero-order chi connectivity index (χ0) is 14.1. The summed E-state index contributed by atoms with van der Waals surface area (Å²) >= 11 is 3.53. The zero-order valence-electron chi connectivity index (χ0n) is 10.9. The van der Waals surface area contributed by atoms with Gasteiger partial charge < -0.3 is 5.73 Å². The molecule has 0 unspecified atom stereocenters. The molecule has 5 heteroatoms. The Bertz CT molecular complexity index is 744. The van der Waals surface area contributed by atoms with Crippen LogP contribution in [0, 0.1) is 6.92 Å². The first kappa shape index (κ1) is 12.9. The van der Waals surface area contributed by atoms with E-state index in [0.29, 0.717) is 5.82 Å². The second-order valence-corrected chi connectivity index (χ2v) is 5.52. The van der Waals surface area contributed by atoms with E-state index in [-0.39, 0.29) is 0 Å². The first-order chi connectivity index (χ1) is 9.63. The highest BCUT2D eigenvalue weighted by Crippen LogP contribution is 2.25. The molecule has 0 radical (unpaired) electrons. The molecule has 0 aliphatic carbocycles. The fourth-order valence-electron chi connectivity index (χ4n) is 2.18. The van der Waals surface area contributed by atoms with Crippen molar-refractivity contribution in [2.45, 2.75) is 6.92 Å². The van der Waals surface area contributed by atoms with Crippen LogP contribution in [0.1, 0.15) is 5.56 Å². The molecule has 0 saturated heterocycles. The number of rotatable bonds is 2. The van der Waals surface area contributed by atoms with Crippen molar-refractivity contribution in [3.63, 3.8) is 0 Å². The largest absolute Gasteiger partial charge is 0.384 e. The van der Waals surface area contributed by atoms with Gasteiger partial charge in [-0.25, -0.2) is 9.97 Å². The van der Waals surface area contributed by atoms with Gasteiger partial charge in [0.1, 0.15) is 5.82 Å². The van der Waals surface area contributed by atoms with E-state index in [2.05, 4.69) is 51.0 Å². The van der Waals surface area contributed by atoms with Gasteiger partial charge in [-0.2, -0.15) is 0 Å². The van der Waals surface area contributed by atoms with Crippen molar-refractivity contribution in [1.29, 1.82) is 0 Å². The Balaban J connectivity index is 2.15. The molecule has 0 bridgehead atoms. The van der Waals surface area contributed by atoms with Gasteiger partial charge in [0, 0.05) is 21.9 Å². The van der Waals surface area contributed by atoms with Crippen LogP contribution in [-0.2, 0) is 0 Å². The topological polar surface area (TPSA) is 56.7 Å². The van der Waals surface area contributed by atoms with Gasteiger partial charge in [0.15, 0.2) is 0 Å². The van der Waals surface area contributed by atoms with Crippen LogP contribution in [0.15, 0.2) is 53.5 Å². The highest BCUT2D eigenvalue weighted by molar-refractivity contribution is 9.10. The van der Waals surface area contributed by atoms with Crippen molar-refractivity contribution >= 4 is 21.7 Å². The third-order valence-electron chi connectivity index (χ3n) is 3.02. The molecule has 0 saturated carbocycles. The van der Waals surface area contributed by atoms with Crippen molar-refractivity contribution < 1.29 is 0 Å². The molecule has 3 rings (SSSR count). The molecule has 2 heterocycles. The maximum Gasteiger partial charge on any atom is 0.123 e. The van der Waals surface area contributed by atoms with E-state index in [9.17, 15) is 0 Å². The summed E-state index contributed by atoms with van der Waals surface area (Å²) < 4.78 is 3.08. The lowest BCUT2D eigenvalue weighted by molar-refractivity contribution is 1.06. The summed E-state index contributed by atoms with van der Waals surface area (Å²) in [4.78, 5) is 8.27. The molecular formula is C15H13BrN4. The molecule has 1 aromatic carbocycles. The van der Waals surface area contributed by atoms with Crippen LogP contribution < -0.4 is 5.73 Å². The molecule has 0 spiro atoms. The van der Waals surface area contributed by atoms with Crippen molar-refractivity contribution in [3.8, 4) is 16.9 Å². The molecule has 4 nitrogen and oxygen atoms in total. The Morgan fingerprint density at radius 3 is 2.80 bits per heavy atom. The fraction of sp³-hybridized carbons (Fsp3) is 0.0667. The van der Waals surface area contributed by atoms with Gasteiger partial charge in [-0.05, 0) is 42.8 Å². The molecule has 0 aliphatic rings. The van der Waals surface area contributed by atoms with E-state index < -0.39 is 0 Å². The van der Waals surface area contributed by atoms with E-state index in [1.54, 1.807) is 12.5 Å². The maximum absolute atomic E-state index is 5.75. The van der Waals surface area contributed by atoms with E-state index in [4.69, 9.17) is 5.73 Å². The zero-order valence-corrected chi connectivity index (χ0v) is 12.5. The summed E-state index contributed by atoms with van der Waals surface area (Å²) in [5.74, 6) is 0.501. The van der Waals surface area contributed by atoms with Gasteiger partial charge >= 0.3 is 0 Å². The van der Waals surface area contributed by atoms with Gasteiger partial charge in [0.05, 0.1) is 18.2 Å². The Hall–Kier alpha value is -2.14. The molecule has 3 aromatic rings. The maximum atomic E-state index is 5.75. The van der Waals surface area contributed by atoms with Crippen LogP contribution in [0.25, 0.3) is 16.9 Å². The minimum atomic E-state index is 0.501. The van der Waals surface area contributed by atoms with Crippen LogP contribution in [0.5, 0.6) is 0 Å². The van der Waals surface area contributed by atoms with Crippen LogP contribution in [-0.4, -0.2) is 14.5 Å². The van der Waals surface area contributed by atoms with E-state index >= 15 is 0 Å². The molecule has 0 atom stereocenters. The number of nitrogens with zero attached hydrogens (tertiary/aromatic N) is 3. The van der Waals surface area contributed by atoms with E-state index in [1.165, 1.54) is 5.56 Å². The third-order valence-corrected chi connectivity index (χ3v) is 3.48. The fourth-order valence-corrected chi connectivity index (χ4v) is 2.77. The van der Waals surface area contributed by atoms with Crippen molar-refractivity contribution in [2.24, 2.45) is 0 Å². The predicted octanol–water partition coefficient (Wildman–Crippen LogP) is 3.59. The first-order valence-electron chi connectivity index (χ1n) is 6.15. The van der Waals surface area contributed by atoms with Gasteiger partial charge in [-0.3, -0.25) is 4.57 Å². The molecule has 0 amide bonds. The molecule has 0 fully saturated rings. The Labute approximate surface area is 125 Å². The summed E-state index contributed by atoms with van der Waals surface area (Å²) in [6.07, 6.45) is 5.33. The molecule has 20 heavy (non-hydrogen) atoms. The third kappa shape index (κ3) is 2.44. The Kier molecular flexibility index (Phi) is 3.28. The number of anilines is 1. The highest BCUT2D eigenvalue weighted by atomic mass is 79.9. The average Bonchev–Trinajstić information content (AvgIpc) is 2.86. The lowest BCUT2D eigenvalue weighted by Crippen LogP contribution is -1.97. The second kappa shape index (κ2) is 5.09. The summed E-state index contributed by atoms with van der Waals surface area (Å²) in [6.45, 7) is 2.06. The normalized spacial score (nSPS) is 10.7. The monoisotopic (exact) mass is 328 g/mol. The lowest BCUT2D eigenvalue weighted by atomic mass is 10.2. The summed E-state index contributed by atoms with van der Waals surface area (Å²) in [5.41, 5.74) is 9.97. The molecular weight excluding hydrogens is 316 g/mol. The van der Waals surface area contributed by atoms with E-state index in [1.807, 2.05) is 22.9 Å². The lowest BCUT2D eigenvalue weighted by Gasteiger charge is -2.10. The standard InChI is InChI=1S/C15H13BrN4/c1-10-4-12(16)7-13(5-10)20-9-18-8-14(20)11-2-3-19-15(17)6-11/h2-9H,1H3,(H2,17,19). The van der Waals surface area contributed by atoms with Gasteiger partial charge in [0.2, 0.25) is 0 Å². The summed E-state index contributed by atoms with van der Waals surface area (Å²) in [6, 6.07) is 10.0. The van der Waals surface area contributed by atoms with Crippen LogP contribution >= 0.6 is 15.9 Å².